The molecule has 0 heteroatoms. The molecule has 11 aromatic rings. The molecule has 86 heavy (non-hydrogen) atoms. The van der Waals surface area contributed by atoms with Crippen LogP contribution in [0.2, 0.25) is 0 Å². The lowest BCUT2D eigenvalue weighted by Crippen LogP contribution is -1.98. The average Bonchev–Trinajstić information content (AvgIpc) is 3.65. The molecule has 0 atom stereocenters. The van der Waals surface area contributed by atoms with Gasteiger partial charge in [-0.1, -0.05) is 239 Å². The minimum atomic E-state index is 1.29. The van der Waals surface area contributed by atoms with Crippen molar-refractivity contribution in [3.8, 4) is 11.1 Å². The summed E-state index contributed by atoms with van der Waals surface area (Å²) in [7, 11) is 0. The summed E-state index contributed by atoms with van der Waals surface area (Å²) in [5, 5.41) is 5.39. The molecule has 0 saturated heterocycles. The summed E-state index contributed by atoms with van der Waals surface area (Å²) in [4.78, 5) is 0. The first-order valence-corrected chi connectivity index (χ1v) is 30.8. The van der Waals surface area contributed by atoms with Crippen LogP contribution in [-0.2, 0) is 0 Å². The molecule has 0 saturated carbocycles. The van der Waals surface area contributed by atoms with Crippen LogP contribution in [0.5, 0.6) is 0 Å². The Bertz CT molecular complexity index is 3640. The van der Waals surface area contributed by atoms with Gasteiger partial charge < -0.3 is 0 Å². The molecule has 11 aromatic carbocycles. The largest absolute Gasteiger partial charge is 0.0617 e. The van der Waals surface area contributed by atoms with Crippen molar-refractivity contribution in [1.29, 1.82) is 0 Å². The maximum absolute atomic E-state index is 2.26. The second kappa shape index (κ2) is 34.2. The summed E-state index contributed by atoms with van der Waals surface area (Å²) < 4.78 is 0. The maximum Gasteiger partial charge on any atom is -0.0152 e. The summed E-state index contributed by atoms with van der Waals surface area (Å²) in [6, 6.07) is 68.7. The number of benzene rings is 11. The van der Waals surface area contributed by atoms with E-state index in [0.29, 0.717) is 0 Å². The van der Waals surface area contributed by atoms with Crippen LogP contribution in [-0.4, -0.2) is 0 Å². The van der Waals surface area contributed by atoms with Crippen molar-refractivity contribution in [2.75, 3.05) is 0 Å². The van der Waals surface area contributed by atoms with Crippen LogP contribution in [0.1, 0.15) is 134 Å². The van der Waals surface area contributed by atoms with Crippen LogP contribution < -0.4 is 0 Å². The van der Waals surface area contributed by atoms with Gasteiger partial charge in [-0.05, 0) is 288 Å². The highest BCUT2D eigenvalue weighted by molar-refractivity contribution is 5.88. The van der Waals surface area contributed by atoms with E-state index in [4.69, 9.17) is 0 Å². The third-order valence-electron chi connectivity index (χ3n) is 17.3. The summed E-state index contributed by atoms with van der Waals surface area (Å²) in [6.07, 6.45) is 0. The number of rotatable bonds is 1. The molecule has 0 aliphatic rings. The van der Waals surface area contributed by atoms with Crippen LogP contribution in [0.3, 0.4) is 0 Å². The van der Waals surface area contributed by atoms with Crippen molar-refractivity contribution in [3.63, 3.8) is 0 Å². The Labute approximate surface area is 523 Å². The Kier molecular flexibility index (Phi) is 28.0. The van der Waals surface area contributed by atoms with E-state index in [1.165, 1.54) is 166 Å². The fourth-order valence-electron chi connectivity index (χ4n) is 10.2. The van der Waals surface area contributed by atoms with E-state index >= 15 is 0 Å². The van der Waals surface area contributed by atoms with Gasteiger partial charge in [-0.15, -0.1) is 0 Å². The van der Waals surface area contributed by atoms with Gasteiger partial charge >= 0.3 is 0 Å². The molecule has 0 unspecified atom stereocenters. The quantitative estimate of drug-likeness (QED) is 0.154. The van der Waals surface area contributed by atoms with E-state index in [1.807, 2.05) is 0 Å². The summed E-state index contributed by atoms with van der Waals surface area (Å²) in [5.41, 5.74) is 36.0. The minimum absolute atomic E-state index is 1.29. The molecule has 0 aliphatic heterocycles. The van der Waals surface area contributed by atoms with Gasteiger partial charge in [0.2, 0.25) is 0 Å². The van der Waals surface area contributed by atoms with Gasteiger partial charge in [0.15, 0.2) is 0 Å². The standard InChI is InChI=1S/C14H14.C12H12.C12H18.C11H10.C11H16.C10H14.2C8H10/c1-11-3-7-13(8-4-11)14-9-5-12(2)6-10-14;1-9-5-3-8-12-10(2)6-4-7-11(9)12;1-7-8(2)10(4)12(6)11(5)9(7)3;1-9-6-7-10-4-2-3-5-11(10)8-9;1-7-6-8(2)10(4)11(5)9(7)3;1-7-5-8(2)10(4)9(3)6-7;1-7-3-5-8(2)6-4-7;1-7-4-3-5-8(2)6-7/h3-10H,1-2H3;3-8H,1-2H3;1-6H3;2-8H,1H3;6H,1-5H3;5-6H,1-4H3;2*3-6H,1-2H3. The van der Waals surface area contributed by atoms with E-state index < -0.39 is 0 Å². The third kappa shape index (κ3) is 21.8. The Morgan fingerprint density at radius 1 is 0.151 bits per heavy atom. The van der Waals surface area contributed by atoms with Gasteiger partial charge in [0.1, 0.15) is 0 Å². The molecule has 0 spiro atoms. The molecular formula is C86H104. The molecule has 0 bridgehead atoms. The summed E-state index contributed by atoms with van der Waals surface area (Å²) in [6.45, 7) is 51.9. The fraction of sp³-hybridized carbons (Fsp3) is 0.279. The highest BCUT2D eigenvalue weighted by atomic mass is 14.1. The molecule has 448 valence electrons. The Balaban J connectivity index is 0.000000212. The minimum Gasteiger partial charge on any atom is -0.0617 e. The first-order chi connectivity index (χ1) is 40.6. The molecule has 0 aromatic heterocycles. The zero-order valence-electron chi connectivity index (χ0n) is 57.5. The Morgan fingerprint density at radius 3 is 0.791 bits per heavy atom. The van der Waals surface area contributed by atoms with E-state index in [0.717, 1.165) is 0 Å². The molecule has 0 amide bonds. The highest BCUT2D eigenvalue weighted by Gasteiger charge is 2.08. The molecule has 0 aliphatic carbocycles. The van der Waals surface area contributed by atoms with E-state index in [1.54, 1.807) is 0 Å². The normalized spacial score (nSPS) is 10.1. The van der Waals surface area contributed by atoms with Crippen molar-refractivity contribution in [2.24, 2.45) is 0 Å². The van der Waals surface area contributed by atoms with Gasteiger partial charge in [0.05, 0.1) is 0 Å². The average molecular weight is 1140 g/mol. The van der Waals surface area contributed by atoms with E-state index in [2.05, 4.69) is 360 Å². The third-order valence-corrected chi connectivity index (χ3v) is 17.3. The molecule has 0 fully saturated rings. The van der Waals surface area contributed by atoms with Crippen LogP contribution in [0, 0.1) is 166 Å². The van der Waals surface area contributed by atoms with Gasteiger partial charge in [0, 0.05) is 0 Å². The molecule has 0 heterocycles. The van der Waals surface area contributed by atoms with Gasteiger partial charge in [-0.2, -0.15) is 0 Å². The molecule has 0 nitrogen and oxygen atoms in total. The molecule has 0 radical (unpaired) electrons. The maximum atomic E-state index is 2.26. The van der Waals surface area contributed by atoms with Crippen molar-refractivity contribution in [3.05, 3.63) is 328 Å². The lowest BCUT2D eigenvalue weighted by atomic mass is 9.90. The first-order valence-electron chi connectivity index (χ1n) is 30.8. The van der Waals surface area contributed by atoms with Crippen molar-refractivity contribution >= 4 is 21.5 Å². The number of fused-ring (bicyclic) bond motifs is 2. The van der Waals surface area contributed by atoms with Crippen molar-refractivity contribution in [1.82, 2.24) is 0 Å². The number of hydrogen-bond donors (Lipinski definition) is 0. The predicted octanol–water partition coefficient (Wildman–Crippen LogP) is 24.9. The Morgan fingerprint density at radius 2 is 0.442 bits per heavy atom. The summed E-state index contributed by atoms with van der Waals surface area (Å²) in [5.74, 6) is 0. The van der Waals surface area contributed by atoms with Gasteiger partial charge in [-0.25, -0.2) is 0 Å². The highest BCUT2D eigenvalue weighted by Crippen LogP contribution is 2.26. The molecular weight excluding hydrogens is 1030 g/mol. The van der Waals surface area contributed by atoms with Gasteiger partial charge in [0.25, 0.3) is 0 Å². The number of aryl methyl sites for hydroxylation is 14. The van der Waals surface area contributed by atoms with E-state index in [-0.39, 0.29) is 0 Å². The van der Waals surface area contributed by atoms with Gasteiger partial charge in [-0.3, -0.25) is 0 Å². The van der Waals surface area contributed by atoms with Crippen LogP contribution in [0.25, 0.3) is 32.7 Å². The molecule has 11 rings (SSSR count). The smallest absolute Gasteiger partial charge is 0.0152 e. The van der Waals surface area contributed by atoms with Crippen LogP contribution in [0.15, 0.2) is 194 Å². The topological polar surface area (TPSA) is 0 Å². The summed E-state index contributed by atoms with van der Waals surface area (Å²) >= 11 is 0. The lowest BCUT2D eigenvalue weighted by Gasteiger charge is -2.15. The predicted molar refractivity (Wildman–Crippen MR) is 386 cm³/mol. The second-order valence-corrected chi connectivity index (χ2v) is 24.3. The SMILES string of the molecule is Cc1c(C)c(C)c(C)c(C)c1C.Cc1cc(C)c(C)c(C)c1.Cc1cc(C)c(C)c(C)c1C.Cc1ccc(-c2ccc(C)cc2)cc1.Cc1ccc(C)cc1.Cc1ccc2ccccc2c1.Cc1cccc(C)c1.Cc1cccc2c(C)cccc12. The fourth-order valence-corrected chi connectivity index (χ4v) is 10.2. The first kappa shape index (κ1) is 70.4. The van der Waals surface area contributed by atoms with Crippen LogP contribution >= 0.6 is 0 Å². The van der Waals surface area contributed by atoms with Crippen molar-refractivity contribution < 1.29 is 0 Å². The van der Waals surface area contributed by atoms with Crippen LogP contribution in [0.4, 0.5) is 0 Å². The van der Waals surface area contributed by atoms with Crippen molar-refractivity contribution in [2.45, 2.75) is 166 Å². The zero-order valence-corrected chi connectivity index (χ0v) is 57.5. The Hall–Kier alpha value is -8.06. The lowest BCUT2D eigenvalue weighted by molar-refractivity contribution is 1.13. The number of hydrogen-bond acceptors (Lipinski definition) is 0. The monoisotopic (exact) mass is 1140 g/mol. The second-order valence-electron chi connectivity index (χ2n) is 24.3. The molecule has 0 N–H and O–H groups in total. The van der Waals surface area contributed by atoms with E-state index in [9.17, 15) is 0 Å². The zero-order chi connectivity index (χ0) is 63.9.